The van der Waals surface area contributed by atoms with E-state index in [-0.39, 0.29) is 29.2 Å². The second kappa shape index (κ2) is 6.45. The lowest BCUT2D eigenvalue weighted by Gasteiger charge is -2.38. The summed E-state index contributed by atoms with van der Waals surface area (Å²) in [5.74, 6) is -1.19. The SMILES string of the molecule is NC(=O)c1c(-c2ccc(F)c(Cl)c2)nn2c1CN(C(=O)NC1CC3(CC3)C1)CC2. The molecule has 0 bridgehead atoms. The Morgan fingerprint density at radius 2 is 2.03 bits per heavy atom. The summed E-state index contributed by atoms with van der Waals surface area (Å²) in [5.41, 5.74) is 7.84. The molecule has 1 spiro atoms. The van der Waals surface area contributed by atoms with Crippen LogP contribution in [0.4, 0.5) is 9.18 Å². The summed E-state index contributed by atoms with van der Waals surface area (Å²) in [4.78, 5) is 26.6. The van der Waals surface area contributed by atoms with Crippen molar-refractivity contribution in [1.82, 2.24) is 20.0 Å². The van der Waals surface area contributed by atoms with Crippen LogP contribution >= 0.6 is 11.6 Å². The molecule has 7 nitrogen and oxygen atoms in total. The second-order valence-corrected chi connectivity index (χ2v) is 8.77. The Labute approximate surface area is 172 Å². The molecule has 5 rings (SSSR count). The van der Waals surface area contributed by atoms with Gasteiger partial charge in [-0.2, -0.15) is 5.10 Å². The minimum atomic E-state index is -0.640. The highest BCUT2D eigenvalue weighted by Crippen LogP contribution is 2.60. The van der Waals surface area contributed by atoms with E-state index in [0.717, 1.165) is 12.8 Å². The van der Waals surface area contributed by atoms with Gasteiger partial charge in [0.15, 0.2) is 0 Å². The summed E-state index contributed by atoms with van der Waals surface area (Å²) >= 11 is 5.89. The molecule has 2 heterocycles. The summed E-state index contributed by atoms with van der Waals surface area (Å²) in [6, 6.07) is 4.28. The van der Waals surface area contributed by atoms with Crippen molar-refractivity contribution in [2.24, 2.45) is 11.1 Å². The van der Waals surface area contributed by atoms with Gasteiger partial charge in [-0.3, -0.25) is 9.48 Å². The first-order valence-electron chi connectivity index (χ1n) is 9.76. The number of fused-ring (bicyclic) bond motifs is 1. The second-order valence-electron chi connectivity index (χ2n) is 8.36. The van der Waals surface area contributed by atoms with E-state index in [4.69, 9.17) is 17.3 Å². The quantitative estimate of drug-likeness (QED) is 0.804. The van der Waals surface area contributed by atoms with Gasteiger partial charge in [-0.15, -0.1) is 0 Å². The third kappa shape index (κ3) is 3.15. The molecule has 2 saturated carbocycles. The number of nitrogens with zero attached hydrogens (tertiary/aromatic N) is 3. The smallest absolute Gasteiger partial charge is 0.318 e. The monoisotopic (exact) mass is 417 g/mol. The molecule has 3 N–H and O–H groups in total. The zero-order valence-corrected chi connectivity index (χ0v) is 16.5. The summed E-state index contributed by atoms with van der Waals surface area (Å²) in [7, 11) is 0. The number of hydrogen-bond donors (Lipinski definition) is 2. The van der Waals surface area contributed by atoms with Gasteiger partial charge in [-0.05, 0) is 49.3 Å². The Morgan fingerprint density at radius 1 is 1.28 bits per heavy atom. The molecule has 2 fully saturated rings. The van der Waals surface area contributed by atoms with E-state index in [1.54, 1.807) is 9.58 Å². The highest BCUT2D eigenvalue weighted by molar-refractivity contribution is 6.31. The van der Waals surface area contributed by atoms with E-state index in [0.29, 0.717) is 35.5 Å². The number of benzene rings is 1. The van der Waals surface area contributed by atoms with Crippen LogP contribution in [0.25, 0.3) is 11.3 Å². The van der Waals surface area contributed by atoms with Gasteiger partial charge in [0.05, 0.1) is 29.4 Å². The van der Waals surface area contributed by atoms with Crippen LogP contribution in [0.2, 0.25) is 5.02 Å². The standard InChI is InChI=1S/C20H21ClFN5O2/c21-13-7-11(1-2-14(13)22)17-16(18(23)28)15-10-26(5-6-27(15)25-17)19(29)24-12-8-20(9-12)3-4-20/h1-2,7,12H,3-6,8-10H2,(H2,23,28)(H,24,29). The van der Waals surface area contributed by atoms with E-state index in [1.165, 1.54) is 31.0 Å². The number of primary amides is 1. The zero-order valence-electron chi connectivity index (χ0n) is 15.8. The lowest BCUT2D eigenvalue weighted by Crippen LogP contribution is -2.52. The van der Waals surface area contributed by atoms with Crippen molar-refractivity contribution in [2.75, 3.05) is 6.54 Å². The Hall–Kier alpha value is -2.61. The van der Waals surface area contributed by atoms with Crippen LogP contribution in [-0.2, 0) is 13.1 Å². The predicted octanol–water partition coefficient (Wildman–Crippen LogP) is 2.91. The number of amides is 3. The number of urea groups is 1. The molecule has 29 heavy (non-hydrogen) atoms. The van der Waals surface area contributed by atoms with Crippen LogP contribution < -0.4 is 11.1 Å². The van der Waals surface area contributed by atoms with Crippen molar-refractivity contribution in [3.8, 4) is 11.3 Å². The molecule has 2 aromatic rings. The van der Waals surface area contributed by atoms with E-state index in [1.807, 2.05) is 0 Å². The van der Waals surface area contributed by atoms with Crippen LogP contribution in [0, 0.1) is 11.2 Å². The Balaban J connectivity index is 1.39. The minimum absolute atomic E-state index is 0.0566. The number of nitrogens with two attached hydrogens (primary N) is 1. The van der Waals surface area contributed by atoms with E-state index in [9.17, 15) is 14.0 Å². The average molecular weight is 418 g/mol. The summed E-state index contributed by atoms with van der Waals surface area (Å²) in [6.45, 7) is 1.18. The van der Waals surface area contributed by atoms with Gasteiger partial charge in [-0.1, -0.05) is 11.6 Å². The van der Waals surface area contributed by atoms with Gasteiger partial charge >= 0.3 is 6.03 Å². The van der Waals surface area contributed by atoms with E-state index >= 15 is 0 Å². The normalized spacial score (nSPS) is 19.6. The molecule has 1 aliphatic heterocycles. The fourth-order valence-corrected chi connectivity index (χ4v) is 4.71. The number of hydrogen-bond acceptors (Lipinski definition) is 3. The number of nitrogens with one attached hydrogen (secondary N) is 1. The van der Waals surface area contributed by atoms with Crippen molar-refractivity contribution >= 4 is 23.5 Å². The first kappa shape index (κ1) is 18.4. The largest absolute Gasteiger partial charge is 0.365 e. The molecular weight excluding hydrogens is 397 g/mol. The molecule has 3 amide bonds. The molecular formula is C20H21ClFN5O2. The van der Waals surface area contributed by atoms with E-state index in [2.05, 4.69) is 10.4 Å². The molecule has 0 atom stereocenters. The topological polar surface area (TPSA) is 93.2 Å². The Bertz CT molecular complexity index is 1020. The third-order valence-electron chi connectivity index (χ3n) is 6.35. The minimum Gasteiger partial charge on any atom is -0.365 e. The first-order valence-corrected chi connectivity index (χ1v) is 10.1. The van der Waals surface area contributed by atoms with Gasteiger partial charge in [0.25, 0.3) is 5.91 Å². The fourth-order valence-electron chi connectivity index (χ4n) is 4.53. The maximum Gasteiger partial charge on any atom is 0.318 e. The number of halogens is 2. The highest BCUT2D eigenvalue weighted by Gasteiger charge is 2.53. The predicted molar refractivity (Wildman–Crippen MR) is 105 cm³/mol. The molecule has 1 aromatic carbocycles. The molecule has 152 valence electrons. The van der Waals surface area contributed by atoms with Crippen molar-refractivity contribution < 1.29 is 14.0 Å². The van der Waals surface area contributed by atoms with Gasteiger partial charge in [0, 0.05) is 18.2 Å². The first-order chi connectivity index (χ1) is 13.8. The summed E-state index contributed by atoms with van der Waals surface area (Å²) < 4.78 is 15.2. The number of aromatic nitrogens is 2. The van der Waals surface area contributed by atoms with E-state index < -0.39 is 11.7 Å². The highest BCUT2D eigenvalue weighted by atomic mass is 35.5. The average Bonchev–Trinajstić information content (AvgIpc) is 3.35. The van der Waals surface area contributed by atoms with Gasteiger partial charge in [0.1, 0.15) is 11.5 Å². The third-order valence-corrected chi connectivity index (χ3v) is 6.64. The van der Waals surface area contributed by atoms with Crippen molar-refractivity contribution in [3.05, 3.63) is 40.3 Å². The number of rotatable bonds is 3. The lowest BCUT2D eigenvalue weighted by molar-refractivity contribution is 0.0996. The summed E-state index contributed by atoms with van der Waals surface area (Å²) in [5, 5.41) is 7.54. The van der Waals surface area contributed by atoms with Crippen molar-refractivity contribution in [2.45, 2.75) is 44.8 Å². The number of carbonyl (C=O) groups is 2. The fraction of sp³-hybridized carbons (Fsp3) is 0.450. The molecule has 1 aromatic heterocycles. The maximum atomic E-state index is 13.5. The summed E-state index contributed by atoms with van der Waals surface area (Å²) in [6.07, 6.45) is 4.68. The van der Waals surface area contributed by atoms with Crippen molar-refractivity contribution in [1.29, 1.82) is 0 Å². The van der Waals surface area contributed by atoms with Gasteiger partial charge in [0.2, 0.25) is 0 Å². The maximum absolute atomic E-state index is 13.5. The number of carbonyl (C=O) groups excluding carboxylic acids is 2. The van der Waals surface area contributed by atoms with Crippen LogP contribution in [0.1, 0.15) is 41.7 Å². The Kier molecular flexibility index (Phi) is 4.10. The molecule has 0 radical (unpaired) electrons. The van der Waals surface area contributed by atoms with Crippen LogP contribution in [-0.4, -0.2) is 39.2 Å². The van der Waals surface area contributed by atoms with Gasteiger partial charge in [-0.25, -0.2) is 9.18 Å². The van der Waals surface area contributed by atoms with Crippen LogP contribution in [0.15, 0.2) is 18.2 Å². The van der Waals surface area contributed by atoms with Crippen LogP contribution in [0.3, 0.4) is 0 Å². The van der Waals surface area contributed by atoms with Crippen LogP contribution in [0.5, 0.6) is 0 Å². The van der Waals surface area contributed by atoms with Crippen molar-refractivity contribution in [3.63, 3.8) is 0 Å². The van der Waals surface area contributed by atoms with Gasteiger partial charge < -0.3 is 16.0 Å². The molecule has 2 aliphatic carbocycles. The molecule has 3 aliphatic rings. The molecule has 9 heteroatoms. The zero-order chi connectivity index (χ0) is 20.3. The molecule has 0 unspecified atom stereocenters. The Morgan fingerprint density at radius 3 is 2.69 bits per heavy atom. The lowest BCUT2D eigenvalue weighted by atomic mass is 9.77. The molecule has 0 saturated heterocycles.